The van der Waals surface area contributed by atoms with Gasteiger partial charge in [-0.05, 0) is 25.1 Å². The molecule has 0 saturated carbocycles. The van der Waals surface area contributed by atoms with Gasteiger partial charge in [-0.25, -0.2) is 8.42 Å². The van der Waals surface area contributed by atoms with Gasteiger partial charge < -0.3 is 15.7 Å². The van der Waals surface area contributed by atoms with Gasteiger partial charge in [0, 0.05) is 25.1 Å². The molecule has 0 fully saturated rings. The highest BCUT2D eigenvalue weighted by Gasteiger charge is 2.15. The lowest BCUT2D eigenvalue weighted by atomic mass is 10.3. The molecule has 8 nitrogen and oxygen atoms in total. The maximum Gasteiger partial charge on any atom is 0.233 e. The second-order valence-corrected chi connectivity index (χ2v) is 6.93. The highest BCUT2D eigenvalue weighted by Crippen LogP contribution is 2.16. The summed E-state index contributed by atoms with van der Waals surface area (Å²) in [5.74, 6) is -1.11. The third kappa shape index (κ3) is 7.61. The molecule has 0 aliphatic rings. The van der Waals surface area contributed by atoms with Crippen LogP contribution in [0.25, 0.3) is 0 Å². The Morgan fingerprint density at radius 3 is 2.52 bits per heavy atom. The van der Waals surface area contributed by atoms with Gasteiger partial charge in [-0.1, -0.05) is 6.07 Å². The summed E-state index contributed by atoms with van der Waals surface area (Å²) >= 11 is 0. The third-order valence-electron chi connectivity index (χ3n) is 2.74. The van der Waals surface area contributed by atoms with Crippen molar-refractivity contribution < 1.29 is 23.1 Å². The van der Waals surface area contributed by atoms with Gasteiger partial charge in [-0.15, -0.1) is 0 Å². The molecule has 1 rings (SSSR count). The van der Waals surface area contributed by atoms with E-state index in [4.69, 9.17) is 5.11 Å². The third-order valence-corrected chi connectivity index (χ3v) is 4.02. The first-order valence-corrected chi connectivity index (χ1v) is 8.65. The number of amides is 2. The number of aliphatic hydroxyl groups is 1. The second-order valence-electron chi connectivity index (χ2n) is 5.08. The van der Waals surface area contributed by atoms with Crippen molar-refractivity contribution in [3.05, 3.63) is 24.3 Å². The molecule has 2 amide bonds. The molecule has 0 aromatic heterocycles. The largest absolute Gasteiger partial charge is 0.394 e. The van der Waals surface area contributed by atoms with Crippen LogP contribution in [0.4, 0.5) is 11.4 Å². The first-order valence-electron chi connectivity index (χ1n) is 7.00. The monoisotopic (exact) mass is 343 g/mol. The van der Waals surface area contributed by atoms with E-state index in [0.29, 0.717) is 11.4 Å². The number of hydrogen-bond donors (Lipinski definition) is 4. The summed E-state index contributed by atoms with van der Waals surface area (Å²) in [6.45, 7) is 2.74. The Morgan fingerprint density at radius 2 is 1.91 bits per heavy atom. The lowest BCUT2D eigenvalue weighted by Gasteiger charge is -2.12. The lowest BCUT2D eigenvalue weighted by Crippen LogP contribution is -2.36. The molecule has 0 bridgehead atoms. The molecular weight excluding hydrogens is 322 g/mol. The van der Waals surface area contributed by atoms with Crippen molar-refractivity contribution in [3.8, 4) is 0 Å². The molecule has 128 valence electrons. The van der Waals surface area contributed by atoms with Crippen LogP contribution in [0.1, 0.15) is 20.3 Å². The molecule has 0 heterocycles. The fourth-order valence-corrected chi connectivity index (χ4v) is 2.76. The minimum atomic E-state index is -3.70. The Bertz CT molecular complexity index is 660. The van der Waals surface area contributed by atoms with Crippen molar-refractivity contribution in [2.75, 3.05) is 22.4 Å². The number of nitrogens with one attached hydrogen (secondary N) is 3. The molecular formula is C14H21N3O5S. The first-order chi connectivity index (χ1) is 10.7. The number of anilines is 2. The van der Waals surface area contributed by atoms with E-state index in [1.54, 1.807) is 19.1 Å². The maximum absolute atomic E-state index is 12.0. The second kappa shape index (κ2) is 8.49. The lowest BCUT2D eigenvalue weighted by molar-refractivity contribution is -0.121. The quantitative estimate of drug-likeness (QED) is 0.539. The molecule has 1 aromatic carbocycles. The minimum Gasteiger partial charge on any atom is -0.394 e. The van der Waals surface area contributed by atoms with E-state index >= 15 is 0 Å². The standard InChI is InChI=1S/C14H21N3O5S/c1-10(9-18)15-14(20)6-7-23(21,22)17-13-5-3-4-12(8-13)16-11(2)19/h3-5,8,10,17-18H,6-7,9H2,1-2H3,(H,15,20)(H,16,19). The van der Waals surface area contributed by atoms with Crippen LogP contribution < -0.4 is 15.4 Å². The van der Waals surface area contributed by atoms with Gasteiger partial charge in [-0.3, -0.25) is 14.3 Å². The maximum atomic E-state index is 12.0. The number of aliphatic hydroxyl groups excluding tert-OH is 1. The highest BCUT2D eigenvalue weighted by molar-refractivity contribution is 7.92. The van der Waals surface area contributed by atoms with Crippen LogP contribution >= 0.6 is 0 Å². The van der Waals surface area contributed by atoms with Crippen LogP contribution in [0, 0.1) is 0 Å². The van der Waals surface area contributed by atoms with Crippen molar-refractivity contribution >= 4 is 33.2 Å². The predicted molar refractivity (Wildman–Crippen MR) is 87.5 cm³/mol. The zero-order chi connectivity index (χ0) is 17.5. The van der Waals surface area contributed by atoms with Crippen LogP contribution in [-0.2, 0) is 19.6 Å². The zero-order valence-electron chi connectivity index (χ0n) is 13.0. The summed E-state index contributed by atoms with van der Waals surface area (Å²) in [6.07, 6.45) is -0.217. The molecule has 0 spiro atoms. The topological polar surface area (TPSA) is 125 Å². The van der Waals surface area contributed by atoms with Gasteiger partial charge >= 0.3 is 0 Å². The molecule has 4 N–H and O–H groups in total. The van der Waals surface area contributed by atoms with E-state index in [1.807, 2.05) is 0 Å². The highest BCUT2D eigenvalue weighted by atomic mass is 32.2. The van der Waals surface area contributed by atoms with E-state index in [1.165, 1.54) is 19.1 Å². The van der Waals surface area contributed by atoms with Crippen LogP contribution in [0.5, 0.6) is 0 Å². The molecule has 0 radical (unpaired) electrons. The molecule has 1 atom stereocenters. The number of rotatable bonds is 8. The predicted octanol–water partition coefficient (Wildman–Crippen LogP) is 0.274. The van der Waals surface area contributed by atoms with Crippen LogP contribution in [0.2, 0.25) is 0 Å². The van der Waals surface area contributed by atoms with Crippen molar-refractivity contribution in [1.82, 2.24) is 5.32 Å². The van der Waals surface area contributed by atoms with E-state index < -0.39 is 22.0 Å². The van der Waals surface area contributed by atoms with Crippen molar-refractivity contribution in [2.45, 2.75) is 26.3 Å². The van der Waals surface area contributed by atoms with E-state index in [-0.39, 0.29) is 24.7 Å². The van der Waals surface area contributed by atoms with Crippen LogP contribution in [0.15, 0.2) is 24.3 Å². The summed E-state index contributed by atoms with van der Waals surface area (Å²) in [7, 11) is -3.70. The van der Waals surface area contributed by atoms with Gasteiger partial charge in [0.15, 0.2) is 0 Å². The number of carbonyl (C=O) groups excluding carboxylic acids is 2. The average Bonchev–Trinajstić information content (AvgIpc) is 2.44. The molecule has 9 heteroatoms. The fourth-order valence-electron chi connectivity index (χ4n) is 1.71. The Labute approximate surface area is 135 Å². The molecule has 23 heavy (non-hydrogen) atoms. The van der Waals surface area contributed by atoms with Crippen LogP contribution in [0.3, 0.4) is 0 Å². The summed E-state index contributed by atoms with van der Waals surface area (Å²) in [5, 5.41) is 13.8. The van der Waals surface area contributed by atoms with Crippen molar-refractivity contribution in [1.29, 1.82) is 0 Å². The molecule has 0 aliphatic heterocycles. The molecule has 0 aliphatic carbocycles. The average molecular weight is 343 g/mol. The Kier molecular flexibility index (Phi) is 6.98. The minimum absolute atomic E-state index is 0.216. The molecule has 1 unspecified atom stereocenters. The number of sulfonamides is 1. The smallest absolute Gasteiger partial charge is 0.233 e. The molecule has 1 aromatic rings. The number of carbonyl (C=O) groups is 2. The summed E-state index contributed by atoms with van der Waals surface area (Å²) in [4.78, 5) is 22.5. The Balaban J connectivity index is 2.61. The first kappa shape index (κ1) is 18.9. The van der Waals surface area contributed by atoms with E-state index in [2.05, 4.69) is 15.4 Å². The Morgan fingerprint density at radius 1 is 1.26 bits per heavy atom. The number of hydrogen-bond acceptors (Lipinski definition) is 5. The zero-order valence-corrected chi connectivity index (χ0v) is 13.8. The fraction of sp³-hybridized carbons (Fsp3) is 0.429. The van der Waals surface area contributed by atoms with Gasteiger partial charge in [-0.2, -0.15) is 0 Å². The van der Waals surface area contributed by atoms with E-state index in [0.717, 1.165) is 0 Å². The van der Waals surface area contributed by atoms with Gasteiger partial charge in [0.05, 0.1) is 18.0 Å². The summed E-state index contributed by atoms with van der Waals surface area (Å²) in [5.41, 5.74) is 0.757. The van der Waals surface area contributed by atoms with Crippen molar-refractivity contribution in [2.24, 2.45) is 0 Å². The van der Waals surface area contributed by atoms with E-state index in [9.17, 15) is 18.0 Å². The van der Waals surface area contributed by atoms with Crippen LogP contribution in [-0.4, -0.2) is 43.7 Å². The Hall–Kier alpha value is -2.13. The molecule has 0 saturated heterocycles. The number of benzene rings is 1. The van der Waals surface area contributed by atoms with Gasteiger partial charge in [0.25, 0.3) is 0 Å². The van der Waals surface area contributed by atoms with Gasteiger partial charge in [0.1, 0.15) is 0 Å². The summed E-state index contributed by atoms with van der Waals surface area (Å²) < 4.78 is 26.3. The normalized spacial score (nSPS) is 12.3. The summed E-state index contributed by atoms with van der Waals surface area (Å²) in [6, 6.07) is 5.82. The SMILES string of the molecule is CC(=O)Nc1cccc(NS(=O)(=O)CCC(=O)NC(C)CO)c1. The van der Waals surface area contributed by atoms with Gasteiger partial charge in [0.2, 0.25) is 21.8 Å². The van der Waals surface area contributed by atoms with Crippen molar-refractivity contribution in [3.63, 3.8) is 0 Å².